The molecule has 0 spiro atoms. The molecule has 0 heterocycles. The molecule has 6 fully saturated rings. The van der Waals surface area contributed by atoms with Crippen molar-refractivity contribution in [2.24, 2.45) is 75.4 Å². The molecule has 0 aromatic rings. The van der Waals surface area contributed by atoms with Gasteiger partial charge >= 0.3 is 5.97 Å². The summed E-state index contributed by atoms with van der Waals surface area (Å²) in [5, 5.41) is 11.8. The summed E-state index contributed by atoms with van der Waals surface area (Å²) in [4.78, 5) is 13.3. The van der Waals surface area contributed by atoms with E-state index in [0.29, 0.717) is 59.2 Å². The number of rotatable bonds is 1. The van der Waals surface area contributed by atoms with Crippen molar-refractivity contribution < 1.29 is 14.6 Å². The van der Waals surface area contributed by atoms with Crippen LogP contribution < -0.4 is 0 Å². The smallest absolute Gasteiger partial charge is 0.312 e. The Labute approximate surface area is 161 Å². The number of carbonyl (C=O) groups is 1. The molecule has 3 heteroatoms. The standard InChI is InChI=1S/C24H32O3/c1-22-9-8-12-17-14-13-15(23(2,20(22)25)19(14)18(12)22)10-6-5-7-11(10)16(13)24(17,3)21(26)27-4/h5-6,10-20,25H,7-9H2,1-4H3/t10-,11+,12+,13-,14-,15+,16+,17-,18-,19+,20-,22+,23+,24+/m0/s1. The fourth-order valence-corrected chi connectivity index (χ4v) is 12.0. The fraction of sp³-hybridized carbons (Fsp3) is 0.875. The van der Waals surface area contributed by atoms with Crippen molar-refractivity contribution in [2.45, 2.75) is 46.1 Å². The minimum Gasteiger partial charge on any atom is -0.469 e. The third-order valence-corrected chi connectivity index (χ3v) is 12.0. The molecule has 1 N–H and O–H groups in total. The SMILES string of the molecule is COC(=O)[C@]1(C)[C@@H]2[C@@H]3CC=C[C@@H]3[C@@H]3[C@@H]2[C@H]2[C@@H]1[C@H]1CC[C@]4(C)[C@@H]1[C@@H]2[C@]3(C)[C@H]4O. The number of aliphatic hydroxyl groups excluding tert-OH is 1. The lowest BCUT2D eigenvalue weighted by Crippen LogP contribution is -2.45. The largest absolute Gasteiger partial charge is 0.469 e. The van der Waals surface area contributed by atoms with E-state index in [4.69, 9.17) is 4.74 Å². The van der Waals surface area contributed by atoms with E-state index in [9.17, 15) is 9.90 Å². The van der Waals surface area contributed by atoms with Crippen molar-refractivity contribution in [3.05, 3.63) is 12.2 Å². The maximum absolute atomic E-state index is 13.3. The van der Waals surface area contributed by atoms with E-state index in [1.807, 2.05) is 0 Å². The van der Waals surface area contributed by atoms with Gasteiger partial charge in [0.2, 0.25) is 0 Å². The number of esters is 1. The molecule has 0 radical (unpaired) electrons. The number of aliphatic hydroxyl groups is 1. The van der Waals surface area contributed by atoms with E-state index in [0.717, 1.165) is 12.8 Å². The molecule has 0 unspecified atom stereocenters. The van der Waals surface area contributed by atoms with Crippen LogP contribution in [0.2, 0.25) is 0 Å². The Morgan fingerprint density at radius 1 is 1.04 bits per heavy atom. The van der Waals surface area contributed by atoms with Crippen LogP contribution in [0.15, 0.2) is 12.2 Å². The summed E-state index contributed by atoms with van der Waals surface area (Å²) in [7, 11) is 1.60. The molecular weight excluding hydrogens is 336 g/mol. The molecule has 7 rings (SSSR count). The molecule has 14 atom stereocenters. The van der Waals surface area contributed by atoms with E-state index in [2.05, 4.69) is 32.9 Å². The lowest BCUT2D eigenvalue weighted by Gasteiger charge is -2.41. The molecule has 7 aliphatic carbocycles. The third-order valence-electron chi connectivity index (χ3n) is 12.0. The summed E-state index contributed by atoms with van der Waals surface area (Å²) >= 11 is 0. The van der Waals surface area contributed by atoms with Gasteiger partial charge in [-0.05, 0) is 90.8 Å². The third kappa shape index (κ3) is 1.22. The first kappa shape index (κ1) is 16.0. The molecule has 27 heavy (non-hydrogen) atoms. The molecule has 0 bridgehead atoms. The predicted molar refractivity (Wildman–Crippen MR) is 100 cm³/mol. The van der Waals surface area contributed by atoms with Crippen molar-refractivity contribution in [1.82, 2.24) is 0 Å². The van der Waals surface area contributed by atoms with E-state index < -0.39 is 0 Å². The molecular formula is C24H32O3. The second-order valence-electron chi connectivity index (χ2n) is 11.9. The summed E-state index contributed by atoms with van der Waals surface area (Å²) < 4.78 is 5.50. The van der Waals surface area contributed by atoms with Crippen LogP contribution in [0.1, 0.15) is 40.0 Å². The quantitative estimate of drug-likeness (QED) is 0.569. The molecule has 146 valence electrons. The van der Waals surface area contributed by atoms with Gasteiger partial charge in [-0.15, -0.1) is 0 Å². The van der Waals surface area contributed by atoms with Crippen molar-refractivity contribution in [3.8, 4) is 0 Å². The van der Waals surface area contributed by atoms with Gasteiger partial charge in [-0.3, -0.25) is 4.79 Å². The Hall–Kier alpha value is -0.830. The van der Waals surface area contributed by atoms with Crippen molar-refractivity contribution in [2.75, 3.05) is 7.11 Å². The second-order valence-corrected chi connectivity index (χ2v) is 11.9. The minimum atomic E-state index is -0.319. The van der Waals surface area contributed by atoms with Gasteiger partial charge < -0.3 is 9.84 Å². The monoisotopic (exact) mass is 368 g/mol. The summed E-state index contributed by atoms with van der Waals surface area (Å²) in [5.74, 6) is 5.83. The minimum absolute atomic E-state index is 0.0476. The fourth-order valence-electron chi connectivity index (χ4n) is 12.0. The molecule has 0 aromatic carbocycles. The van der Waals surface area contributed by atoms with Gasteiger partial charge in [0.25, 0.3) is 0 Å². The maximum Gasteiger partial charge on any atom is 0.312 e. The Balaban J connectivity index is 1.52. The highest BCUT2D eigenvalue weighted by atomic mass is 16.5. The number of methoxy groups -OCH3 is 1. The lowest BCUT2D eigenvalue weighted by molar-refractivity contribution is -0.160. The zero-order valence-corrected chi connectivity index (χ0v) is 16.9. The topological polar surface area (TPSA) is 46.5 Å². The molecule has 7 aliphatic rings. The van der Waals surface area contributed by atoms with Gasteiger partial charge in [-0.1, -0.05) is 26.0 Å². The highest BCUT2D eigenvalue weighted by molar-refractivity contribution is 5.78. The van der Waals surface area contributed by atoms with E-state index in [-0.39, 0.29) is 28.3 Å². The van der Waals surface area contributed by atoms with Gasteiger partial charge in [-0.2, -0.15) is 0 Å². The van der Waals surface area contributed by atoms with E-state index in [1.165, 1.54) is 6.42 Å². The molecule has 0 aromatic heterocycles. The zero-order chi connectivity index (χ0) is 18.7. The number of hydrogen-bond donors (Lipinski definition) is 1. The summed E-state index contributed by atoms with van der Waals surface area (Å²) in [6.45, 7) is 7.12. The highest BCUT2D eigenvalue weighted by Crippen LogP contribution is 2.89. The Bertz CT molecular complexity index is 803. The Morgan fingerprint density at radius 3 is 2.48 bits per heavy atom. The van der Waals surface area contributed by atoms with Crippen molar-refractivity contribution in [3.63, 3.8) is 0 Å². The van der Waals surface area contributed by atoms with Crippen molar-refractivity contribution in [1.29, 1.82) is 0 Å². The maximum atomic E-state index is 13.3. The number of carbonyl (C=O) groups excluding carboxylic acids is 1. The summed E-state index contributed by atoms with van der Waals surface area (Å²) in [6.07, 6.45) is 8.13. The Morgan fingerprint density at radius 2 is 1.74 bits per heavy atom. The van der Waals surface area contributed by atoms with Crippen molar-refractivity contribution >= 4 is 5.97 Å². The number of fused-ring (bicyclic) bond motifs is 5. The first-order valence-corrected chi connectivity index (χ1v) is 11.3. The van der Waals surface area contributed by atoms with Gasteiger partial charge in [-0.25, -0.2) is 0 Å². The zero-order valence-electron chi connectivity index (χ0n) is 16.9. The average Bonchev–Trinajstić information content (AvgIpc) is 3.42. The van der Waals surface area contributed by atoms with Gasteiger partial charge in [0, 0.05) is 5.41 Å². The normalized spacial score (nSPS) is 70.8. The van der Waals surface area contributed by atoms with Crippen LogP contribution in [0.25, 0.3) is 0 Å². The van der Waals surface area contributed by atoms with E-state index in [1.54, 1.807) is 7.11 Å². The molecule has 6 saturated carbocycles. The van der Waals surface area contributed by atoms with Gasteiger partial charge in [0.1, 0.15) is 0 Å². The number of allylic oxidation sites excluding steroid dienone is 2. The molecule has 0 amide bonds. The van der Waals surface area contributed by atoms with Crippen LogP contribution in [0.3, 0.4) is 0 Å². The van der Waals surface area contributed by atoms with Crippen LogP contribution in [-0.4, -0.2) is 24.3 Å². The Kier molecular flexibility index (Phi) is 2.49. The van der Waals surface area contributed by atoms with Crippen LogP contribution in [0, 0.1) is 75.4 Å². The van der Waals surface area contributed by atoms with E-state index >= 15 is 0 Å². The summed E-state index contributed by atoms with van der Waals surface area (Å²) in [5.41, 5.74) is -0.210. The number of ether oxygens (including phenoxy) is 1. The second kappa shape index (κ2) is 4.20. The first-order valence-electron chi connectivity index (χ1n) is 11.3. The number of hydrogen-bond acceptors (Lipinski definition) is 3. The highest BCUT2D eigenvalue weighted by Gasteiger charge is 2.88. The van der Waals surface area contributed by atoms with Crippen LogP contribution in [0.5, 0.6) is 0 Å². The van der Waals surface area contributed by atoms with Crippen LogP contribution in [-0.2, 0) is 9.53 Å². The molecule has 0 aliphatic heterocycles. The summed E-state index contributed by atoms with van der Waals surface area (Å²) in [6, 6.07) is 0. The van der Waals surface area contributed by atoms with Gasteiger partial charge in [0.15, 0.2) is 0 Å². The van der Waals surface area contributed by atoms with Gasteiger partial charge in [0.05, 0.1) is 18.6 Å². The molecule has 3 nitrogen and oxygen atoms in total. The lowest BCUT2D eigenvalue weighted by atomic mass is 9.64. The van der Waals surface area contributed by atoms with Crippen LogP contribution >= 0.6 is 0 Å². The predicted octanol–water partition coefficient (Wildman–Crippen LogP) is 3.52. The van der Waals surface area contributed by atoms with Crippen LogP contribution in [0.4, 0.5) is 0 Å². The average molecular weight is 369 g/mol. The first-order chi connectivity index (χ1) is 12.8. The molecule has 0 saturated heterocycles.